The highest BCUT2D eigenvalue weighted by molar-refractivity contribution is 7.08. The quantitative estimate of drug-likeness (QED) is 0.756. The molecule has 2 aromatic rings. The summed E-state index contributed by atoms with van der Waals surface area (Å²) in [6.07, 6.45) is 1.39. The van der Waals surface area contributed by atoms with Gasteiger partial charge in [0.15, 0.2) is 0 Å². The van der Waals surface area contributed by atoms with Crippen LogP contribution in [0.25, 0.3) is 0 Å². The van der Waals surface area contributed by atoms with E-state index in [2.05, 4.69) is 9.59 Å². The van der Waals surface area contributed by atoms with Gasteiger partial charge >= 0.3 is 0 Å². The maximum absolute atomic E-state index is 11.7. The van der Waals surface area contributed by atoms with Gasteiger partial charge in [0, 0.05) is 0 Å². The molecular formula is C9H6N2O2S. The average molecular weight is 206 g/mol. The highest BCUT2D eigenvalue weighted by Crippen LogP contribution is 2.20. The van der Waals surface area contributed by atoms with Crippen LogP contribution in [0.5, 0.6) is 5.75 Å². The lowest BCUT2D eigenvalue weighted by Crippen LogP contribution is -1.98. The number of aromatic hydroxyl groups is 1. The van der Waals surface area contributed by atoms with E-state index in [4.69, 9.17) is 0 Å². The van der Waals surface area contributed by atoms with Crippen molar-refractivity contribution in [3.8, 4) is 5.75 Å². The number of rotatable bonds is 2. The zero-order valence-electron chi connectivity index (χ0n) is 7.04. The van der Waals surface area contributed by atoms with E-state index in [0.717, 1.165) is 11.5 Å². The van der Waals surface area contributed by atoms with Crippen LogP contribution in [0.2, 0.25) is 0 Å². The van der Waals surface area contributed by atoms with Crippen molar-refractivity contribution in [3.05, 3.63) is 40.9 Å². The molecule has 0 fully saturated rings. The molecule has 0 bridgehead atoms. The molecule has 0 amide bonds. The van der Waals surface area contributed by atoms with Crippen LogP contribution in [-0.4, -0.2) is 20.5 Å². The molecule has 0 aliphatic carbocycles. The third-order valence-electron chi connectivity index (χ3n) is 1.73. The van der Waals surface area contributed by atoms with Crippen LogP contribution in [0.3, 0.4) is 0 Å². The first kappa shape index (κ1) is 8.83. The van der Waals surface area contributed by atoms with Crippen molar-refractivity contribution in [1.29, 1.82) is 0 Å². The minimum Gasteiger partial charge on any atom is -0.507 e. The Kier molecular flexibility index (Phi) is 2.24. The number of carbonyl (C=O) groups is 1. The van der Waals surface area contributed by atoms with Gasteiger partial charge in [-0.25, -0.2) is 0 Å². The Balaban J connectivity index is 2.42. The number of nitrogens with zero attached hydrogens (tertiary/aromatic N) is 2. The summed E-state index contributed by atoms with van der Waals surface area (Å²) < 4.78 is 3.59. The third-order valence-corrected chi connectivity index (χ3v) is 2.40. The molecule has 0 saturated carbocycles. The van der Waals surface area contributed by atoms with Crippen molar-refractivity contribution in [2.75, 3.05) is 0 Å². The Labute approximate surface area is 84.0 Å². The van der Waals surface area contributed by atoms with Crippen LogP contribution in [-0.2, 0) is 0 Å². The molecular weight excluding hydrogens is 200 g/mol. The average Bonchev–Trinajstić information content (AvgIpc) is 2.70. The van der Waals surface area contributed by atoms with Crippen molar-refractivity contribution in [2.45, 2.75) is 0 Å². The predicted octanol–water partition coefficient (Wildman–Crippen LogP) is 1.47. The molecule has 0 atom stereocenters. The van der Waals surface area contributed by atoms with Gasteiger partial charge in [-0.1, -0.05) is 16.6 Å². The largest absolute Gasteiger partial charge is 0.507 e. The molecule has 2 rings (SSSR count). The van der Waals surface area contributed by atoms with Crippen LogP contribution < -0.4 is 0 Å². The Morgan fingerprint density at radius 3 is 2.79 bits per heavy atom. The van der Waals surface area contributed by atoms with Gasteiger partial charge in [0.1, 0.15) is 10.6 Å². The molecule has 1 heterocycles. The lowest BCUT2D eigenvalue weighted by Gasteiger charge is -1.99. The maximum Gasteiger partial charge on any atom is 0.209 e. The number of hydrogen-bond donors (Lipinski definition) is 1. The third kappa shape index (κ3) is 1.49. The lowest BCUT2D eigenvalue weighted by atomic mass is 10.1. The summed E-state index contributed by atoms with van der Waals surface area (Å²) in [6, 6.07) is 6.40. The van der Waals surface area contributed by atoms with Crippen molar-refractivity contribution >= 4 is 17.3 Å². The molecule has 1 N–H and O–H groups in total. The van der Waals surface area contributed by atoms with E-state index in [1.807, 2.05) is 0 Å². The van der Waals surface area contributed by atoms with E-state index < -0.39 is 0 Å². The number of ketones is 1. The molecule has 0 saturated heterocycles. The molecule has 1 aromatic carbocycles. The summed E-state index contributed by atoms with van der Waals surface area (Å²) in [6.45, 7) is 0. The van der Waals surface area contributed by atoms with Gasteiger partial charge in [-0.05, 0) is 23.7 Å². The second-order valence-corrected chi connectivity index (χ2v) is 3.41. The lowest BCUT2D eigenvalue weighted by molar-refractivity contribution is 0.104. The first-order valence-electron chi connectivity index (χ1n) is 3.89. The Bertz CT molecular complexity index is 454. The second kappa shape index (κ2) is 3.55. The normalized spacial score (nSPS) is 10.0. The van der Waals surface area contributed by atoms with Gasteiger partial charge < -0.3 is 5.11 Å². The molecule has 0 radical (unpaired) electrons. The number of carbonyl (C=O) groups excluding carboxylic acids is 1. The molecule has 14 heavy (non-hydrogen) atoms. The first-order chi connectivity index (χ1) is 6.79. The van der Waals surface area contributed by atoms with Gasteiger partial charge in [0.25, 0.3) is 0 Å². The van der Waals surface area contributed by atoms with E-state index >= 15 is 0 Å². The van der Waals surface area contributed by atoms with Crippen LogP contribution in [0.4, 0.5) is 0 Å². The van der Waals surface area contributed by atoms with E-state index in [0.29, 0.717) is 4.88 Å². The van der Waals surface area contributed by atoms with Crippen LogP contribution in [0, 0.1) is 0 Å². The Hall–Kier alpha value is -1.75. The highest BCUT2D eigenvalue weighted by atomic mass is 32.1. The Morgan fingerprint density at radius 2 is 2.14 bits per heavy atom. The minimum absolute atomic E-state index is 0.0223. The van der Waals surface area contributed by atoms with Gasteiger partial charge in [-0.15, -0.1) is 5.10 Å². The summed E-state index contributed by atoms with van der Waals surface area (Å²) in [5.74, 6) is -0.274. The molecule has 0 unspecified atom stereocenters. The van der Waals surface area contributed by atoms with E-state index in [9.17, 15) is 9.90 Å². The summed E-state index contributed by atoms with van der Waals surface area (Å²) in [7, 11) is 0. The highest BCUT2D eigenvalue weighted by Gasteiger charge is 2.14. The summed E-state index contributed by atoms with van der Waals surface area (Å²) in [5.41, 5.74) is 0.276. The van der Waals surface area contributed by atoms with E-state index in [1.54, 1.807) is 18.2 Å². The van der Waals surface area contributed by atoms with Crippen molar-refractivity contribution in [1.82, 2.24) is 9.59 Å². The van der Waals surface area contributed by atoms with Crippen LogP contribution >= 0.6 is 11.5 Å². The summed E-state index contributed by atoms with van der Waals surface area (Å²) in [5, 5.41) is 13.0. The first-order valence-corrected chi connectivity index (χ1v) is 4.66. The fraction of sp³-hybridized carbons (Fsp3) is 0. The molecule has 4 nitrogen and oxygen atoms in total. The van der Waals surface area contributed by atoms with Crippen molar-refractivity contribution < 1.29 is 9.90 Å². The zero-order valence-corrected chi connectivity index (χ0v) is 7.86. The standard InChI is InChI=1S/C9H6N2O2S/c12-7-4-2-1-3-6(7)9(13)8-5-10-11-14-8/h1-5,12H. The van der Waals surface area contributed by atoms with Gasteiger partial charge in [-0.2, -0.15) is 0 Å². The molecule has 0 aliphatic heterocycles. The fourth-order valence-corrected chi connectivity index (χ4v) is 1.53. The van der Waals surface area contributed by atoms with Crippen LogP contribution in [0.15, 0.2) is 30.5 Å². The van der Waals surface area contributed by atoms with Gasteiger partial charge in [0.2, 0.25) is 5.78 Å². The number of hydrogen-bond acceptors (Lipinski definition) is 5. The fourth-order valence-electron chi connectivity index (χ4n) is 1.07. The monoisotopic (exact) mass is 206 g/mol. The Morgan fingerprint density at radius 1 is 1.36 bits per heavy atom. The minimum atomic E-state index is -0.252. The van der Waals surface area contributed by atoms with Crippen molar-refractivity contribution in [2.24, 2.45) is 0 Å². The van der Waals surface area contributed by atoms with E-state index in [1.165, 1.54) is 12.3 Å². The van der Waals surface area contributed by atoms with E-state index in [-0.39, 0.29) is 17.1 Å². The molecule has 0 aliphatic rings. The molecule has 70 valence electrons. The number of phenols is 1. The number of para-hydroxylation sites is 1. The molecule has 0 spiro atoms. The topological polar surface area (TPSA) is 63.1 Å². The second-order valence-electron chi connectivity index (χ2n) is 2.63. The predicted molar refractivity (Wildman–Crippen MR) is 51.4 cm³/mol. The number of phenolic OH excluding ortho intramolecular Hbond substituents is 1. The molecule has 5 heteroatoms. The SMILES string of the molecule is O=C(c1cnns1)c1ccccc1O. The number of aromatic nitrogens is 2. The van der Waals surface area contributed by atoms with Crippen molar-refractivity contribution in [3.63, 3.8) is 0 Å². The van der Waals surface area contributed by atoms with Gasteiger partial charge in [0.05, 0.1) is 11.8 Å². The molecule has 1 aromatic heterocycles. The smallest absolute Gasteiger partial charge is 0.209 e. The summed E-state index contributed by atoms with van der Waals surface area (Å²) >= 11 is 1.01. The summed E-state index contributed by atoms with van der Waals surface area (Å²) in [4.78, 5) is 12.1. The van der Waals surface area contributed by atoms with Gasteiger partial charge in [-0.3, -0.25) is 4.79 Å². The maximum atomic E-state index is 11.7. The number of benzene rings is 1. The van der Waals surface area contributed by atoms with Crippen LogP contribution in [0.1, 0.15) is 15.2 Å². The zero-order chi connectivity index (χ0) is 9.97.